The van der Waals surface area contributed by atoms with Gasteiger partial charge < -0.3 is 56.1 Å². The molecule has 0 spiro atoms. The predicted octanol–water partition coefficient (Wildman–Crippen LogP) is 1.11. The number of aliphatic hydroxyl groups is 3. The number of hydrogen-bond acceptors (Lipinski definition) is 10. The van der Waals surface area contributed by atoms with Gasteiger partial charge in [-0.1, -0.05) is 38.2 Å². The van der Waals surface area contributed by atoms with Gasteiger partial charge in [-0.05, 0) is 38.2 Å². The maximum absolute atomic E-state index is 13.0. The van der Waals surface area contributed by atoms with Gasteiger partial charge in [0, 0.05) is 31.8 Å². The highest BCUT2D eigenvalue weighted by Gasteiger charge is 2.31. The van der Waals surface area contributed by atoms with E-state index in [1.807, 2.05) is 6.92 Å². The normalized spacial score (nSPS) is 28.7. The number of methoxy groups -OCH3 is 2. The predicted molar refractivity (Wildman–Crippen MR) is 163 cm³/mol. The second-order valence-corrected chi connectivity index (χ2v) is 11.3. The number of carbonyl (C=O) groups is 2. The van der Waals surface area contributed by atoms with Crippen molar-refractivity contribution in [3.8, 4) is 11.5 Å². The molecule has 1 aromatic rings. The van der Waals surface area contributed by atoms with Crippen molar-refractivity contribution >= 4 is 23.4 Å². The third kappa shape index (κ3) is 10.0. The van der Waals surface area contributed by atoms with E-state index in [1.54, 1.807) is 39.0 Å². The summed E-state index contributed by atoms with van der Waals surface area (Å²) < 4.78 is 16.6. The van der Waals surface area contributed by atoms with Crippen molar-refractivity contribution in [2.24, 2.45) is 17.6 Å². The minimum atomic E-state index is -1.07. The summed E-state index contributed by atoms with van der Waals surface area (Å²) in [5.74, 6) is -1.72. The molecule has 44 heavy (non-hydrogen) atoms. The van der Waals surface area contributed by atoms with Crippen molar-refractivity contribution in [1.29, 1.82) is 0 Å². The summed E-state index contributed by atoms with van der Waals surface area (Å²) in [7, 11) is 2.91. The van der Waals surface area contributed by atoms with Crippen LogP contribution < -0.4 is 16.4 Å². The highest BCUT2D eigenvalue weighted by Crippen LogP contribution is 2.40. The zero-order valence-corrected chi connectivity index (χ0v) is 26.2. The van der Waals surface area contributed by atoms with E-state index in [0.717, 1.165) is 0 Å². The highest BCUT2D eigenvalue weighted by molar-refractivity contribution is 6.04. The van der Waals surface area contributed by atoms with Gasteiger partial charge >= 0.3 is 6.09 Å². The largest absolute Gasteiger partial charge is 0.505 e. The Morgan fingerprint density at radius 3 is 2.48 bits per heavy atom. The van der Waals surface area contributed by atoms with E-state index >= 15 is 0 Å². The molecule has 0 saturated heterocycles. The number of phenols is 2. The van der Waals surface area contributed by atoms with Gasteiger partial charge in [0.1, 0.15) is 24.5 Å². The first-order chi connectivity index (χ1) is 20.7. The molecular weight excluding hydrogens is 574 g/mol. The Kier molecular flexibility index (Phi) is 14.3. The van der Waals surface area contributed by atoms with Gasteiger partial charge in [-0.25, -0.2) is 4.79 Å². The molecule has 10 N–H and O–H groups in total. The van der Waals surface area contributed by atoms with Gasteiger partial charge in [0.05, 0.1) is 30.1 Å². The number of phenolic OH excluding ortho intramolecular Hbond substituents is 2. The molecule has 0 unspecified atom stereocenters. The number of ether oxygens (including phenoxy) is 3. The Morgan fingerprint density at radius 1 is 1.20 bits per heavy atom. The third-order valence-corrected chi connectivity index (χ3v) is 7.68. The van der Waals surface area contributed by atoms with Gasteiger partial charge in [-0.3, -0.25) is 4.79 Å². The number of allylic oxidation sites excluding steroid dienone is 2. The molecule has 7 atom stereocenters. The first kappa shape index (κ1) is 36.7. The average molecular weight is 623 g/mol. The number of benzene rings is 1. The summed E-state index contributed by atoms with van der Waals surface area (Å²) >= 11 is 0. The SMILES string of the molecule is CO[C@H]1C=C/C=C(\C)C(=O)Nc2cc(O)c([NH2+]C[C@H](O)CO)c(c2O)C[C@@H](C)C[C@H](OC)[C@H](O)[C@@H](C)/C=C(\C)[C@@H]1OC(N)=O. The van der Waals surface area contributed by atoms with E-state index in [2.05, 4.69) is 5.32 Å². The lowest BCUT2D eigenvalue weighted by Crippen LogP contribution is -2.81. The summed E-state index contributed by atoms with van der Waals surface area (Å²) in [5.41, 5.74) is 6.73. The Morgan fingerprint density at radius 2 is 1.89 bits per heavy atom. The molecule has 0 aromatic heterocycles. The molecule has 1 aliphatic rings. The summed E-state index contributed by atoms with van der Waals surface area (Å²) in [6.07, 6.45) is 1.54. The van der Waals surface area contributed by atoms with E-state index in [0.29, 0.717) is 17.6 Å². The molecule has 0 fully saturated rings. The summed E-state index contributed by atoms with van der Waals surface area (Å²) in [6, 6.07) is 1.22. The fourth-order valence-electron chi connectivity index (χ4n) is 5.19. The Hall–Kier alpha value is -3.46. The van der Waals surface area contributed by atoms with Gasteiger partial charge in [0.25, 0.3) is 5.91 Å². The van der Waals surface area contributed by atoms with Crippen molar-refractivity contribution in [2.45, 2.75) is 71.1 Å². The zero-order chi connectivity index (χ0) is 33.1. The Bertz CT molecular complexity index is 1230. The van der Waals surface area contributed by atoms with E-state index in [-0.39, 0.29) is 47.3 Å². The van der Waals surface area contributed by atoms with Crippen LogP contribution in [-0.2, 0) is 25.4 Å². The van der Waals surface area contributed by atoms with Crippen LogP contribution in [0.15, 0.2) is 41.5 Å². The Labute approximate surface area is 258 Å². The number of anilines is 1. The van der Waals surface area contributed by atoms with Crippen LogP contribution in [0.3, 0.4) is 0 Å². The van der Waals surface area contributed by atoms with Crippen LogP contribution in [0, 0.1) is 11.8 Å². The molecule has 13 nitrogen and oxygen atoms in total. The number of fused-ring (bicyclic) bond motifs is 2. The van der Waals surface area contributed by atoms with Crippen LogP contribution in [-0.4, -0.2) is 95.4 Å². The smallest absolute Gasteiger partial charge is 0.405 e. The number of carbonyl (C=O) groups excluding carboxylic acids is 2. The minimum absolute atomic E-state index is 0.0102. The van der Waals surface area contributed by atoms with Crippen LogP contribution in [0.2, 0.25) is 0 Å². The summed E-state index contributed by atoms with van der Waals surface area (Å²) in [5, 5.41) is 56.8. The molecule has 1 aliphatic heterocycles. The van der Waals surface area contributed by atoms with Crippen LogP contribution in [0.25, 0.3) is 0 Å². The number of nitrogens with two attached hydrogens (primary N) is 2. The van der Waals surface area contributed by atoms with Crippen LogP contribution in [0.4, 0.5) is 16.2 Å². The van der Waals surface area contributed by atoms with Crippen molar-refractivity contribution in [3.05, 3.63) is 47.1 Å². The standard InChI is InChI=1S/C31H47N3O10/c1-16-10-21-26(33-14-20(36)15-35)23(37)13-22(28(21)39)34-30(40)17(2)8-7-9-24(42-5)29(44-31(32)41)19(4)12-18(3)27(38)25(11-16)43-6/h7-9,12-13,16,18,20,24-25,27,29,33,35-39H,10-11,14-15H2,1-6H3,(H2,32,41)(H,34,40)/p+1/b9-7?,17-8+,19-12+/t16-,18+,20+,24+,25+,27-,29+/m1/s1. The molecule has 2 amide bonds. The second kappa shape index (κ2) is 17.1. The maximum Gasteiger partial charge on any atom is 0.405 e. The number of hydrogen-bond donors (Lipinski definition) is 8. The fourth-order valence-corrected chi connectivity index (χ4v) is 5.19. The van der Waals surface area contributed by atoms with Crippen molar-refractivity contribution in [2.75, 3.05) is 32.7 Å². The van der Waals surface area contributed by atoms with Gasteiger partial charge in [-0.15, -0.1) is 0 Å². The molecule has 246 valence electrons. The molecule has 0 aliphatic carbocycles. The molecule has 1 heterocycles. The topological polar surface area (TPSA) is 218 Å². The van der Waals surface area contributed by atoms with E-state index in [9.17, 15) is 35.1 Å². The number of rotatable bonds is 7. The number of aromatic hydroxyl groups is 2. The molecule has 2 bridgehead atoms. The lowest BCUT2D eigenvalue weighted by atomic mass is 9.87. The van der Waals surface area contributed by atoms with Gasteiger partial charge in [-0.2, -0.15) is 0 Å². The molecule has 0 saturated carbocycles. The molecule has 13 heteroatoms. The molecule has 1 aromatic carbocycles. The van der Waals surface area contributed by atoms with Crippen molar-refractivity contribution in [1.82, 2.24) is 0 Å². The number of aliphatic hydroxyl groups excluding tert-OH is 3. The lowest BCUT2D eigenvalue weighted by molar-refractivity contribution is -0.581. The zero-order valence-electron chi connectivity index (χ0n) is 26.2. The maximum atomic E-state index is 13.0. The van der Waals surface area contributed by atoms with E-state index in [4.69, 9.17) is 19.9 Å². The molecule has 2 rings (SSSR count). The van der Waals surface area contributed by atoms with E-state index < -0.39 is 55.0 Å². The highest BCUT2D eigenvalue weighted by atomic mass is 16.6. The fraction of sp³-hybridized carbons (Fsp3) is 0.548. The summed E-state index contributed by atoms with van der Waals surface area (Å²) in [6.45, 7) is 6.49. The van der Waals surface area contributed by atoms with Gasteiger partial charge in [0.2, 0.25) is 0 Å². The minimum Gasteiger partial charge on any atom is -0.505 e. The van der Waals surface area contributed by atoms with Crippen LogP contribution in [0.1, 0.15) is 39.7 Å². The Balaban J connectivity index is 2.66. The average Bonchev–Trinajstić information content (AvgIpc) is 2.97. The molecule has 0 radical (unpaired) electrons. The van der Waals surface area contributed by atoms with Crippen LogP contribution >= 0.6 is 0 Å². The van der Waals surface area contributed by atoms with Crippen LogP contribution in [0.5, 0.6) is 11.5 Å². The number of nitrogens with one attached hydrogen (secondary N) is 1. The van der Waals surface area contributed by atoms with Crippen molar-refractivity contribution < 1.29 is 54.6 Å². The first-order valence-electron chi connectivity index (χ1n) is 14.5. The quantitative estimate of drug-likeness (QED) is 0.0937. The number of amides is 2. The monoisotopic (exact) mass is 622 g/mol. The summed E-state index contributed by atoms with van der Waals surface area (Å²) in [4.78, 5) is 24.8. The van der Waals surface area contributed by atoms with E-state index in [1.165, 1.54) is 31.7 Å². The number of primary amides is 1. The van der Waals surface area contributed by atoms with Crippen molar-refractivity contribution in [3.63, 3.8) is 0 Å². The number of quaternary nitrogens is 1. The lowest BCUT2D eigenvalue weighted by Gasteiger charge is -2.29. The molecular formula is C31H48N3O10+. The second-order valence-electron chi connectivity index (χ2n) is 11.3. The first-order valence-corrected chi connectivity index (χ1v) is 14.5. The van der Waals surface area contributed by atoms with Gasteiger partial charge in [0.15, 0.2) is 17.5 Å². The third-order valence-electron chi connectivity index (χ3n) is 7.68.